The summed E-state index contributed by atoms with van der Waals surface area (Å²) in [7, 11) is 0. The predicted octanol–water partition coefficient (Wildman–Crippen LogP) is 1.52. The van der Waals surface area contributed by atoms with Gasteiger partial charge in [-0.2, -0.15) is 5.10 Å². The molecule has 2 aliphatic rings. The Morgan fingerprint density at radius 2 is 2.18 bits per heavy atom. The van der Waals surface area contributed by atoms with Gasteiger partial charge in [0.1, 0.15) is 0 Å². The molecule has 6 nitrogen and oxygen atoms in total. The summed E-state index contributed by atoms with van der Waals surface area (Å²) in [6, 6.07) is 0.438. The number of piperazine rings is 1. The highest BCUT2D eigenvalue weighted by Crippen LogP contribution is 2.31. The molecule has 1 N–H and O–H groups in total. The van der Waals surface area contributed by atoms with Gasteiger partial charge < -0.3 is 10.2 Å². The van der Waals surface area contributed by atoms with Gasteiger partial charge in [0, 0.05) is 13.1 Å². The quantitative estimate of drug-likeness (QED) is 0.917. The van der Waals surface area contributed by atoms with Crippen LogP contribution in [0.4, 0.5) is 0 Å². The maximum atomic E-state index is 12.8. The molecule has 1 aliphatic carbocycles. The van der Waals surface area contributed by atoms with Crippen LogP contribution in [0.3, 0.4) is 0 Å². The van der Waals surface area contributed by atoms with Crippen LogP contribution in [0.15, 0.2) is 6.20 Å². The standard InChI is InChI=1S/C16H24N4O2/c1-2-5-14-13(10-18-20(14)12-6-3-4-7-12)16(22)19-9-8-17-15(21)11-19/h10,12H,2-9,11H2,1H3,(H,17,21). The second-order valence-corrected chi connectivity index (χ2v) is 6.21. The first-order chi connectivity index (χ1) is 10.7. The highest BCUT2D eigenvalue weighted by molar-refractivity contribution is 5.97. The fourth-order valence-electron chi connectivity index (χ4n) is 3.50. The summed E-state index contributed by atoms with van der Waals surface area (Å²) in [5.41, 5.74) is 1.73. The van der Waals surface area contributed by atoms with Crippen LogP contribution < -0.4 is 5.32 Å². The fourth-order valence-corrected chi connectivity index (χ4v) is 3.50. The number of hydrogen-bond acceptors (Lipinski definition) is 3. The summed E-state index contributed by atoms with van der Waals surface area (Å²) in [6.45, 7) is 3.38. The van der Waals surface area contributed by atoms with Gasteiger partial charge in [-0.25, -0.2) is 0 Å². The molecule has 1 saturated carbocycles. The Hall–Kier alpha value is -1.85. The number of carbonyl (C=O) groups excluding carboxylic acids is 2. The molecule has 3 rings (SSSR count). The summed E-state index contributed by atoms with van der Waals surface area (Å²) < 4.78 is 2.08. The van der Waals surface area contributed by atoms with Crippen molar-refractivity contribution in [1.29, 1.82) is 0 Å². The Kier molecular flexibility index (Phi) is 4.45. The number of amides is 2. The molecule has 1 aromatic rings. The van der Waals surface area contributed by atoms with Crippen LogP contribution in [0.25, 0.3) is 0 Å². The van der Waals surface area contributed by atoms with E-state index < -0.39 is 0 Å². The molecule has 120 valence electrons. The zero-order valence-electron chi connectivity index (χ0n) is 13.2. The number of hydrogen-bond donors (Lipinski definition) is 1. The van der Waals surface area contributed by atoms with E-state index in [1.165, 1.54) is 12.8 Å². The van der Waals surface area contributed by atoms with E-state index in [-0.39, 0.29) is 18.4 Å². The van der Waals surface area contributed by atoms with E-state index in [2.05, 4.69) is 22.0 Å². The minimum absolute atomic E-state index is 0.0532. The highest BCUT2D eigenvalue weighted by Gasteiger charge is 2.28. The maximum Gasteiger partial charge on any atom is 0.257 e. The van der Waals surface area contributed by atoms with Gasteiger partial charge in [0.05, 0.1) is 30.0 Å². The highest BCUT2D eigenvalue weighted by atomic mass is 16.2. The molecular formula is C16H24N4O2. The van der Waals surface area contributed by atoms with Crippen molar-refractivity contribution in [3.05, 3.63) is 17.5 Å². The van der Waals surface area contributed by atoms with E-state index in [4.69, 9.17) is 0 Å². The first-order valence-electron chi connectivity index (χ1n) is 8.33. The smallest absolute Gasteiger partial charge is 0.257 e. The molecule has 0 unspecified atom stereocenters. The van der Waals surface area contributed by atoms with Crippen molar-refractivity contribution in [2.45, 2.75) is 51.5 Å². The summed E-state index contributed by atoms with van der Waals surface area (Å²) >= 11 is 0. The molecule has 1 saturated heterocycles. The number of rotatable bonds is 4. The van der Waals surface area contributed by atoms with Crippen LogP contribution in [0.1, 0.15) is 61.1 Å². The monoisotopic (exact) mass is 304 g/mol. The van der Waals surface area contributed by atoms with Crippen LogP contribution in [0.5, 0.6) is 0 Å². The van der Waals surface area contributed by atoms with E-state index in [0.29, 0.717) is 24.7 Å². The molecule has 0 atom stereocenters. The molecule has 6 heteroatoms. The number of carbonyl (C=O) groups is 2. The molecule has 1 aromatic heterocycles. The van der Waals surface area contributed by atoms with Crippen LogP contribution in [-0.2, 0) is 11.2 Å². The van der Waals surface area contributed by atoms with Crippen molar-refractivity contribution in [1.82, 2.24) is 20.0 Å². The Labute approximate surface area is 130 Å². The van der Waals surface area contributed by atoms with Crippen LogP contribution >= 0.6 is 0 Å². The third kappa shape index (κ3) is 2.87. The largest absolute Gasteiger partial charge is 0.353 e. The first-order valence-corrected chi connectivity index (χ1v) is 8.33. The summed E-state index contributed by atoms with van der Waals surface area (Å²) in [4.78, 5) is 25.9. The summed E-state index contributed by atoms with van der Waals surface area (Å²) in [6.07, 6.45) is 8.34. The van der Waals surface area contributed by atoms with E-state index in [9.17, 15) is 9.59 Å². The third-order valence-electron chi connectivity index (χ3n) is 4.61. The number of nitrogens with zero attached hydrogens (tertiary/aromatic N) is 3. The van der Waals surface area contributed by atoms with E-state index in [1.54, 1.807) is 11.1 Å². The lowest BCUT2D eigenvalue weighted by atomic mass is 10.1. The fraction of sp³-hybridized carbons (Fsp3) is 0.688. The van der Waals surface area contributed by atoms with Crippen molar-refractivity contribution in [2.75, 3.05) is 19.6 Å². The van der Waals surface area contributed by atoms with Crippen molar-refractivity contribution in [2.24, 2.45) is 0 Å². The van der Waals surface area contributed by atoms with Gasteiger partial charge in [-0.1, -0.05) is 26.2 Å². The molecule has 0 spiro atoms. The molecule has 22 heavy (non-hydrogen) atoms. The molecule has 2 amide bonds. The average Bonchev–Trinajstić information content (AvgIpc) is 3.16. The molecule has 0 radical (unpaired) electrons. The molecular weight excluding hydrogens is 280 g/mol. The van der Waals surface area contributed by atoms with E-state index in [1.807, 2.05) is 0 Å². The molecule has 1 aliphatic heterocycles. The number of nitrogens with one attached hydrogen (secondary N) is 1. The molecule has 0 aromatic carbocycles. The SMILES string of the molecule is CCCc1c(C(=O)N2CCNC(=O)C2)cnn1C1CCCC1. The van der Waals surface area contributed by atoms with E-state index in [0.717, 1.165) is 31.4 Å². The summed E-state index contributed by atoms with van der Waals surface area (Å²) in [5.74, 6) is -0.137. The third-order valence-corrected chi connectivity index (χ3v) is 4.61. The first kappa shape index (κ1) is 15.1. The van der Waals surface area contributed by atoms with Crippen molar-refractivity contribution in [3.63, 3.8) is 0 Å². The Morgan fingerprint density at radius 3 is 2.86 bits per heavy atom. The minimum Gasteiger partial charge on any atom is -0.353 e. The van der Waals surface area contributed by atoms with Crippen molar-refractivity contribution >= 4 is 11.8 Å². The van der Waals surface area contributed by atoms with Gasteiger partial charge in [-0.05, 0) is 19.3 Å². The van der Waals surface area contributed by atoms with Crippen LogP contribution in [0, 0.1) is 0 Å². The molecule has 2 heterocycles. The Morgan fingerprint density at radius 1 is 1.41 bits per heavy atom. The van der Waals surface area contributed by atoms with Crippen LogP contribution in [0.2, 0.25) is 0 Å². The van der Waals surface area contributed by atoms with Gasteiger partial charge in [-0.15, -0.1) is 0 Å². The van der Waals surface area contributed by atoms with Crippen molar-refractivity contribution < 1.29 is 9.59 Å². The lowest BCUT2D eigenvalue weighted by Crippen LogP contribution is -2.50. The van der Waals surface area contributed by atoms with E-state index >= 15 is 0 Å². The van der Waals surface area contributed by atoms with Crippen LogP contribution in [-0.4, -0.2) is 46.1 Å². The molecule has 2 fully saturated rings. The second-order valence-electron chi connectivity index (χ2n) is 6.21. The summed E-state index contributed by atoms with van der Waals surface area (Å²) in [5, 5.41) is 7.27. The van der Waals surface area contributed by atoms with Gasteiger partial charge in [0.2, 0.25) is 5.91 Å². The zero-order chi connectivity index (χ0) is 15.5. The minimum atomic E-state index is -0.0835. The topological polar surface area (TPSA) is 67.2 Å². The average molecular weight is 304 g/mol. The maximum absolute atomic E-state index is 12.8. The lowest BCUT2D eigenvalue weighted by molar-refractivity contribution is -0.123. The van der Waals surface area contributed by atoms with Crippen molar-refractivity contribution in [3.8, 4) is 0 Å². The van der Waals surface area contributed by atoms with Gasteiger partial charge in [-0.3, -0.25) is 14.3 Å². The Bertz CT molecular complexity index is 560. The lowest BCUT2D eigenvalue weighted by Gasteiger charge is -2.26. The van der Waals surface area contributed by atoms with Gasteiger partial charge in [0.15, 0.2) is 0 Å². The normalized spacial score (nSPS) is 19.5. The zero-order valence-corrected chi connectivity index (χ0v) is 13.2. The van der Waals surface area contributed by atoms with Gasteiger partial charge in [0.25, 0.3) is 5.91 Å². The number of aromatic nitrogens is 2. The molecule has 0 bridgehead atoms. The Balaban J connectivity index is 1.85. The van der Waals surface area contributed by atoms with Gasteiger partial charge >= 0.3 is 0 Å². The second kappa shape index (κ2) is 6.50. The predicted molar refractivity (Wildman–Crippen MR) is 82.6 cm³/mol.